The first-order chi connectivity index (χ1) is 17.2. The second-order valence-corrected chi connectivity index (χ2v) is 8.31. The zero-order valence-corrected chi connectivity index (χ0v) is 19.5. The molecule has 5 rings (SSSR count). The molecule has 3 heterocycles. The van der Waals surface area contributed by atoms with Gasteiger partial charge in [-0.05, 0) is 55.0 Å². The highest BCUT2D eigenvalue weighted by atomic mass is 16.5. The summed E-state index contributed by atoms with van der Waals surface area (Å²) in [6.45, 7) is 4.53. The van der Waals surface area contributed by atoms with Crippen LogP contribution >= 0.6 is 0 Å². The first-order valence-corrected chi connectivity index (χ1v) is 11.6. The molecule has 1 N–H and O–H groups in total. The highest BCUT2D eigenvalue weighted by Gasteiger charge is 2.25. The van der Waals surface area contributed by atoms with Gasteiger partial charge in [0, 0.05) is 32.4 Å². The predicted octanol–water partition coefficient (Wildman–Crippen LogP) is 4.68. The van der Waals surface area contributed by atoms with Gasteiger partial charge in [-0.25, -0.2) is 4.98 Å². The van der Waals surface area contributed by atoms with E-state index in [-0.39, 0.29) is 5.91 Å². The number of anilines is 3. The monoisotopic (exact) mass is 466 g/mol. The molecule has 2 aromatic carbocycles. The molecule has 1 amide bonds. The van der Waals surface area contributed by atoms with Gasteiger partial charge >= 0.3 is 0 Å². The van der Waals surface area contributed by atoms with E-state index in [0.29, 0.717) is 49.1 Å². The minimum absolute atomic E-state index is 0.0348. The molecule has 8 heteroatoms. The zero-order valence-electron chi connectivity index (χ0n) is 19.5. The molecule has 4 aromatic rings. The van der Waals surface area contributed by atoms with Gasteiger partial charge < -0.3 is 19.9 Å². The van der Waals surface area contributed by atoms with Crippen molar-refractivity contribution in [2.24, 2.45) is 0 Å². The van der Waals surface area contributed by atoms with Crippen molar-refractivity contribution in [3.63, 3.8) is 0 Å². The number of amides is 1. The quantitative estimate of drug-likeness (QED) is 0.442. The number of para-hydroxylation sites is 2. The second kappa shape index (κ2) is 10.2. The Bertz CT molecular complexity index is 1270. The second-order valence-electron chi connectivity index (χ2n) is 8.31. The van der Waals surface area contributed by atoms with Gasteiger partial charge in [0.1, 0.15) is 17.3 Å². The highest BCUT2D eigenvalue weighted by Crippen LogP contribution is 2.27. The number of ether oxygens (including phenoxy) is 1. The molecular formula is C27H26N6O2. The molecule has 0 spiro atoms. The largest absolute Gasteiger partial charge is 0.457 e. The van der Waals surface area contributed by atoms with Crippen molar-refractivity contribution in [3.8, 4) is 11.5 Å². The Kier molecular flexibility index (Phi) is 6.52. The van der Waals surface area contributed by atoms with Gasteiger partial charge in [0.2, 0.25) is 0 Å². The minimum Gasteiger partial charge on any atom is -0.457 e. The van der Waals surface area contributed by atoms with Crippen molar-refractivity contribution in [2.45, 2.75) is 6.92 Å². The lowest BCUT2D eigenvalue weighted by Gasteiger charge is -2.35. The van der Waals surface area contributed by atoms with E-state index < -0.39 is 0 Å². The fraction of sp³-hybridized carbons (Fsp3) is 0.185. The maximum Gasteiger partial charge on any atom is 0.257 e. The van der Waals surface area contributed by atoms with Crippen molar-refractivity contribution < 1.29 is 9.53 Å². The fourth-order valence-corrected chi connectivity index (χ4v) is 3.89. The molecule has 2 aromatic heterocycles. The van der Waals surface area contributed by atoms with Gasteiger partial charge in [-0.2, -0.15) is 0 Å². The number of pyridine rings is 1. The maximum absolute atomic E-state index is 13.3. The van der Waals surface area contributed by atoms with Gasteiger partial charge in [-0.1, -0.05) is 36.4 Å². The fourth-order valence-electron chi connectivity index (χ4n) is 3.89. The van der Waals surface area contributed by atoms with Crippen LogP contribution in [0, 0.1) is 6.92 Å². The lowest BCUT2D eigenvalue weighted by molar-refractivity contribution is 0.0744. The Morgan fingerprint density at radius 2 is 1.57 bits per heavy atom. The summed E-state index contributed by atoms with van der Waals surface area (Å²) >= 11 is 0. The van der Waals surface area contributed by atoms with Crippen LogP contribution in [0.2, 0.25) is 0 Å². The average molecular weight is 467 g/mol. The number of nitrogens with zero attached hydrogens (tertiary/aromatic N) is 5. The van der Waals surface area contributed by atoms with Crippen LogP contribution in [-0.2, 0) is 0 Å². The van der Waals surface area contributed by atoms with Crippen LogP contribution in [0.4, 0.5) is 17.5 Å². The average Bonchev–Trinajstić information content (AvgIpc) is 2.91. The minimum atomic E-state index is -0.0348. The molecule has 0 aliphatic carbocycles. The summed E-state index contributed by atoms with van der Waals surface area (Å²) in [5.74, 6) is 3.37. The lowest BCUT2D eigenvalue weighted by atomic mass is 10.1. The first-order valence-electron chi connectivity index (χ1n) is 11.6. The molecule has 176 valence electrons. The van der Waals surface area contributed by atoms with Gasteiger partial charge in [0.25, 0.3) is 5.91 Å². The standard InChI is InChI=1S/C27H26N6O2/c1-20-11-12-24(28-19-20)29-25-13-14-26(31-30-25)32-15-17-33(18-16-32)27(34)22-9-5-6-10-23(22)35-21-7-3-2-4-8-21/h2-14,19H,15-18H2,1H3,(H,28,29,30). The van der Waals surface area contributed by atoms with Crippen LogP contribution in [0.15, 0.2) is 85.1 Å². The van der Waals surface area contributed by atoms with Crippen LogP contribution in [0.5, 0.6) is 11.5 Å². The van der Waals surface area contributed by atoms with Gasteiger partial charge in [0.15, 0.2) is 11.6 Å². The number of benzene rings is 2. The summed E-state index contributed by atoms with van der Waals surface area (Å²) < 4.78 is 5.98. The van der Waals surface area contributed by atoms with E-state index in [9.17, 15) is 4.79 Å². The number of carbonyl (C=O) groups excluding carboxylic acids is 1. The molecule has 0 bridgehead atoms. The summed E-state index contributed by atoms with van der Waals surface area (Å²) in [5.41, 5.74) is 1.66. The van der Waals surface area contributed by atoms with E-state index in [0.717, 1.165) is 17.2 Å². The summed E-state index contributed by atoms with van der Waals surface area (Å²) in [4.78, 5) is 21.6. The van der Waals surface area contributed by atoms with E-state index in [1.807, 2.05) is 90.7 Å². The molecule has 0 unspecified atom stereocenters. The van der Waals surface area contributed by atoms with Crippen molar-refractivity contribution in [1.29, 1.82) is 0 Å². The highest BCUT2D eigenvalue weighted by molar-refractivity contribution is 5.97. The molecule has 1 aliphatic heterocycles. The summed E-state index contributed by atoms with van der Waals surface area (Å²) in [6.07, 6.45) is 1.80. The molecule has 0 atom stereocenters. The summed E-state index contributed by atoms with van der Waals surface area (Å²) in [5, 5.41) is 11.8. The third-order valence-corrected chi connectivity index (χ3v) is 5.80. The van der Waals surface area contributed by atoms with E-state index in [4.69, 9.17) is 4.74 Å². The van der Waals surface area contributed by atoms with Gasteiger partial charge in [-0.3, -0.25) is 4.79 Å². The number of nitrogens with one attached hydrogen (secondary N) is 1. The molecular weight excluding hydrogens is 440 g/mol. The maximum atomic E-state index is 13.3. The van der Waals surface area contributed by atoms with Crippen LogP contribution in [0.3, 0.4) is 0 Å². The third-order valence-electron chi connectivity index (χ3n) is 5.80. The van der Waals surface area contributed by atoms with E-state index in [1.165, 1.54) is 0 Å². The number of rotatable bonds is 6. The summed E-state index contributed by atoms with van der Waals surface area (Å²) in [7, 11) is 0. The predicted molar refractivity (Wildman–Crippen MR) is 135 cm³/mol. The third kappa shape index (κ3) is 5.38. The molecule has 0 saturated carbocycles. The smallest absolute Gasteiger partial charge is 0.257 e. The van der Waals surface area contributed by atoms with Crippen molar-refractivity contribution in [3.05, 3.63) is 96.2 Å². The van der Waals surface area contributed by atoms with E-state index in [1.54, 1.807) is 6.20 Å². The van der Waals surface area contributed by atoms with Crippen LogP contribution in [0.25, 0.3) is 0 Å². The summed E-state index contributed by atoms with van der Waals surface area (Å²) in [6, 6.07) is 24.6. The van der Waals surface area contributed by atoms with Crippen molar-refractivity contribution >= 4 is 23.4 Å². The molecule has 35 heavy (non-hydrogen) atoms. The number of carbonyl (C=O) groups is 1. The topological polar surface area (TPSA) is 83.5 Å². The number of aryl methyl sites for hydroxylation is 1. The Labute approximate surface area is 204 Å². The lowest BCUT2D eigenvalue weighted by Crippen LogP contribution is -2.49. The Balaban J connectivity index is 1.20. The van der Waals surface area contributed by atoms with E-state index in [2.05, 4.69) is 25.4 Å². The zero-order chi connectivity index (χ0) is 24.0. The Morgan fingerprint density at radius 3 is 2.29 bits per heavy atom. The molecule has 1 saturated heterocycles. The van der Waals surface area contributed by atoms with Crippen LogP contribution in [-0.4, -0.2) is 52.2 Å². The first kappa shape index (κ1) is 22.3. The Morgan fingerprint density at radius 1 is 0.829 bits per heavy atom. The number of piperazine rings is 1. The normalized spacial score (nSPS) is 13.4. The SMILES string of the molecule is Cc1ccc(Nc2ccc(N3CCN(C(=O)c4ccccc4Oc4ccccc4)CC3)nn2)nc1. The molecule has 1 fully saturated rings. The number of aromatic nitrogens is 3. The van der Waals surface area contributed by atoms with Gasteiger partial charge in [0.05, 0.1) is 5.56 Å². The number of hydrogen-bond donors (Lipinski definition) is 1. The number of hydrogen-bond acceptors (Lipinski definition) is 7. The van der Waals surface area contributed by atoms with Crippen LogP contribution in [0.1, 0.15) is 15.9 Å². The van der Waals surface area contributed by atoms with Crippen LogP contribution < -0.4 is 15.0 Å². The van der Waals surface area contributed by atoms with E-state index >= 15 is 0 Å². The molecule has 1 aliphatic rings. The van der Waals surface area contributed by atoms with Gasteiger partial charge in [-0.15, -0.1) is 10.2 Å². The Hall–Kier alpha value is -4.46. The molecule has 8 nitrogen and oxygen atoms in total. The molecule has 0 radical (unpaired) electrons. The van der Waals surface area contributed by atoms with Crippen molar-refractivity contribution in [1.82, 2.24) is 20.1 Å². The van der Waals surface area contributed by atoms with Crippen molar-refractivity contribution in [2.75, 3.05) is 36.4 Å².